The van der Waals surface area contributed by atoms with E-state index >= 15 is 0 Å². The molecule has 0 saturated carbocycles. The van der Waals surface area contributed by atoms with Gasteiger partial charge in [-0.3, -0.25) is 4.79 Å². The van der Waals surface area contributed by atoms with E-state index in [1.54, 1.807) is 24.4 Å². The fourth-order valence-corrected chi connectivity index (χ4v) is 3.76. The largest absolute Gasteiger partial charge is 0.315 e. The quantitative estimate of drug-likeness (QED) is 0.289. The molecule has 0 radical (unpaired) electrons. The van der Waals surface area contributed by atoms with E-state index in [1.165, 1.54) is 17.8 Å². The van der Waals surface area contributed by atoms with Crippen molar-refractivity contribution in [3.05, 3.63) is 70.6 Å². The highest BCUT2D eigenvalue weighted by molar-refractivity contribution is 7.99. The minimum atomic E-state index is -0.295. The molecule has 0 aliphatic carbocycles. The topological polar surface area (TPSA) is 72.2 Å². The number of carbonyl (C=O) groups is 1. The van der Waals surface area contributed by atoms with Crippen LogP contribution < -0.4 is 5.43 Å². The number of amides is 1. The smallest absolute Gasteiger partial charge is 0.250 e. The number of nitrogens with zero attached hydrogens (tertiary/aromatic N) is 4. The predicted molar refractivity (Wildman–Crippen MR) is 113 cm³/mol. The van der Waals surface area contributed by atoms with Crippen molar-refractivity contribution in [2.75, 3.05) is 5.75 Å². The van der Waals surface area contributed by atoms with E-state index in [0.29, 0.717) is 10.8 Å². The standard InChI is InChI=1S/C21H22FN5OS/c1-13-9-14(2)25-21(24-13)29-12-20(28)26-23-11-17-10-15(3)27(16(17)4)19-8-6-5-7-18(19)22/h5-11H,12H2,1-4H3,(H,26,28)/b23-11+. The molecule has 3 aromatic rings. The first-order chi connectivity index (χ1) is 13.8. The predicted octanol–water partition coefficient (Wildman–Crippen LogP) is 3.88. The number of para-hydroxylation sites is 1. The number of halogens is 1. The van der Waals surface area contributed by atoms with E-state index in [2.05, 4.69) is 20.5 Å². The van der Waals surface area contributed by atoms with Gasteiger partial charge in [0, 0.05) is 28.3 Å². The van der Waals surface area contributed by atoms with Crippen LogP contribution in [-0.4, -0.2) is 32.4 Å². The van der Waals surface area contributed by atoms with Crippen LogP contribution in [0, 0.1) is 33.5 Å². The van der Waals surface area contributed by atoms with Crippen molar-refractivity contribution in [1.82, 2.24) is 20.0 Å². The Balaban J connectivity index is 1.64. The van der Waals surface area contributed by atoms with Gasteiger partial charge in [0.1, 0.15) is 5.82 Å². The summed E-state index contributed by atoms with van der Waals surface area (Å²) in [6, 6.07) is 10.4. The van der Waals surface area contributed by atoms with Gasteiger partial charge in [0.15, 0.2) is 5.16 Å². The van der Waals surface area contributed by atoms with Crippen LogP contribution >= 0.6 is 11.8 Å². The second-order valence-corrected chi connectivity index (χ2v) is 7.57. The van der Waals surface area contributed by atoms with Gasteiger partial charge in [-0.15, -0.1) is 0 Å². The average molecular weight is 412 g/mol. The van der Waals surface area contributed by atoms with Gasteiger partial charge in [-0.2, -0.15) is 5.10 Å². The average Bonchev–Trinajstić information content (AvgIpc) is 2.93. The second kappa shape index (κ2) is 9.00. The molecular formula is C21H22FN5OS. The highest BCUT2D eigenvalue weighted by Gasteiger charge is 2.12. The van der Waals surface area contributed by atoms with Crippen LogP contribution in [0.3, 0.4) is 0 Å². The normalized spacial score (nSPS) is 11.2. The Morgan fingerprint density at radius 1 is 1.17 bits per heavy atom. The Morgan fingerprint density at radius 3 is 2.55 bits per heavy atom. The Morgan fingerprint density at radius 2 is 1.86 bits per heavy atom. The molecule has 0 fully saturated rings. The summed E-state index contributed by atoms with van der Waals surface area (Å²) < 4.78 is 16.0. The molecule has 1 N–H and O–H groups in total. The number of rotatable bonds is 6. The van der Waals surface area contributed by atoms with Gasteiger partial charge in [-0.1, -0.05) is 23.9 Å². The number of nitrogens with one attached hydrogen (secondary N) is 1. The Hall–Kier alpha value is -3.00. The Bertz CT molecular complexity index is 1060. The third kappa shape index (κ3) is 5.08. The molecule has 1 aromatic carbocycles. The zero-order valence-corrected chi connectivity index (χ0v) is 17.5. The molecule has 0 spiro atoms. The van der Waals surface area contributed by atoms with Gasteiger partial charge in [-0.25, -0.2) is 19.8 Å². The maximum absolute atomic E-state index is 14.2. The number of thioether (sulfide) groups is 1. The Kier molecular flexibility index (Phi) is 6.43. The van der Waals surface area contributed by atoms with Crippen molar-refractivity contribution in [3.63, 3.8) is 0 Å². The molecule has 0 bridgehead atoms. The van der Waals surface area contributed by atoms with Crippen LogP contribution in [0.2, 0.25) is 0 Å². The van der Waals surface area contributed by atoms with Crippen molar-refractivity contribution in [1.29, 1.82) is 0 Å². The number of hydrazone groups is 1. The summed E-state index contributed by atoms with van der Waals surface area (Å²) >= 11 is 1.26. The molecule has 8 heteroatoms. The number of aryl methyl sites for hydroxylation is 3. The van der Waals surface area contributed by atoms with E-state index in [-0.39, 0.29) is 17.5 Å². The van der Waals surface area contributed by atoms with Gasteiger partial charge in [0.05, 0.1) is 17.7 Å². The lowest BCUT2D eigenvalue weighted by molar-refractivity contribution is -0.118. The van der Waals surface area contributed by atoms with Gasteiger partial charge in [-0.05, 0) is 52.0 Å². The number of carbonyl (C=O) groups excluding carboxylic acids is 1. The number of hydrogen-bond donors (Lipinski definition) is 1. The molecule has 0 aliphatic heterocycles. The van der Waals surface area contributed by atoms with Crippen molar-refractivity contribution < 1.29 is 9.18 Å². The maximum atomic E-state index is 14.2. The minimum absolute atomic E-state index is 0.161. The lowest BCUT2D eigenvalue weighted by atomic mass is 10.2. The Labute approximate surface area is 173 Å². The highest BCUT2D eigenvalue weighted by Crippen LogP contribution is 2.21. The summed E-state index contributed by atoms with van der Waals surface area (Å²) in [4.78, 5) is 20.6. The fourth-order valence-electron chi connectivity index (χ4n) is 3.02. The summed E-state index contributed by atoms with van der Waals surface area (Å²) in [6.07, 6.45) is 1.57. The van der Waals surface area contributed by atoms with Crippen LogP contribution in [0.15, 0.2) is 46.7 Å². The SMILES string of the molecule is Cc1cc(C)nc(SCC(=O)N/N=C/c2cc(C)n(-c3ccccc3F)c2C)n1. The number of hydrogen-bond acceptors (Lipinski definition) is 5. The molecule has 0 saturated heterocycles. The zero-order valence-electron chi connectivity index (χ0n) is 16.7. The van der Waals surface area contributed by atoms with Crippen LogP contribution in [-0.2, 0) is 4.79 Å². The van der Waals surface area contributed by atoms with Gasteiger partial charge in [0.25, 0.3) is 5.91 Å². The van der Waals surface area contributed by atoms with Crippen molar-refractivity contribution in [2.24, 2.45) is 5.10 Å². The lowest BCUT2D eigenvalue weighted by Crippen LogP contribution is -2.19. The first-order valence-corrected chi connectivity index (χ1v) is 10.0. The maximum Gasteiger partial charge on any atom is 0.250 e. The molecule has 0 atom stereocenters. The number of aromatic nitrogens is 3. The van der Waals surface area contributed by atoms with Gasteiger partial charge in [0.2, 0.25) is 0 Å². The molecule has 6 nitrogen and oxygen atoms in total. The molecule has 0 unspecified atom stereocenters. The monoisotopic (exact) mass is 411 g/mol. The van der Waals surface area contributed by atoms with E-state index in [0.717, 1.165) is 28.3 Å². The van der Waals surface area contributed by atoms with E-state index in [9.17, 15) is 9.18 Å². The van der Waals surface area contributed by atoms with Crippen LogP contribution in [0.4, 0.5) is 4.39 Å². The lowest BCUT2D eigenvalue weighted by Gasteiger charge is -2.10. The van der Waals surface area contributed by atoms with Crippen molar-refractivity contribution >= 4 is 23.9 Å². The van der Waals surface area contributed by atoms with Crippen LogP contribution in [0.5, 0.6) is 0 Å². The molecule has 150 valence electrons. The molecule has 0 aliphatic rings. The zero-order chi connectivity index (χ0) is 21.0. The minimum Gasteiger partial charge on any atom is -0.315 e. The van der Waals surface area contributed by atoms with Crippen molar-refractivity contribution in [3.8, 4) is 5.69 Å². The molecule has 1 amide bonds. The summed E-state index contributed by atoms with van der Waals surface area (Å²) in [7, 11) is 0. The molecule has 2 heterocycles. The molecule has 2 aromatic heterocycles. The third-order valence-corrected chi connectivity index (χ3v) is 5.10. The molecule has 29 heavy (non-hydrogen) atoms. The summed E-state index contributed by atoms with van der Waals surface area (Å²) in [6.45, 7) is 7.56. The van der Waals surface area contributed by atoms with Crippen molar-refractivity contribution in [2.45, 2.75) is 32.9 Å². The summed E-state index contributed by atoms with van der Waals surface area (Å²) in [5.41, 5.74) is 7.24. The van der Waals surface area contributed by atoms with Gasteiger partial charge >= 0.3 is 0 Å². The third-order valence-electron chi connectivity index (χ3n) is 4.25. The second-order valence-electron chi connectivity index (χ2n) is 6.63. The van der Waals surface area contributed by atoms with E-state index in [1.807, 2.05) is 44.4 Å². The summed E-state index contributed by atoms with van der Waals surface area (Å²) in [5, 5.41) is 4.60. The summed E-state index contributed by atoms with van der Waals surface area (Å²) in [5.74, 6) is -0.386. The first-order valence-electron chi connectivity index (χ1n) is 9.06. The van der Waals surface area contributed by atoms with Gasteiger partial charge < -0.3 is 4.57 Å². The van der Waals surface area contributed by atoms with E-state index < -0.39 is 0 Å². The van der Waals surface area contributed by atoms with Crippen LogP contribution in [0.25, 0.3) is 5.69 Å². The molecule has 3 rings (SSSR count). The number of benzene rings is 1. The molecular weight excluding hydrogens is 389 g/mol. The fraction of sp³-hybridized carbons (Fsp3) is 0.238. The van der Waals surface area contributed by atoms with Crippen LogP contribution in [0.1, 0.15) is 28.3 Å². The van der Waals surface area contributed by atoms with E-state index in [4.69, 9.17) is 0 Å². The first kappa shape index (κ1) is 20.7. The highest BCUT2D eigenvalue weighted by atomic mass is 32.2.